The topological polar surface area (TPSA) is 61.5 Å². The molecule has 2 rings (SSSR count). The molecule has 1 aliphatic carbocycles. The lowest BCUT2D eigenvalue weighted by atomic mass is 9.81. The molecule has 104 valence electrons. The van der Waals surface area contributed by atoms with E-state index in [0.717, 1.165) is 24.2 Å². The molecule has 2 atom stereocenters. The van der Waals surface area contributed by atoms with Gasteiger partial charge >= 0.3 is 5.97 Å². The summed E-state index contributed by atoms with van der Waals surface area (Å²) in [6, 6.07) is 7.90. The summed E-state index contributed by atoms with van der Waals surface area (Å²) in [5.41, 5.74) is 6.38. The van der Waals surface area contributed by atoms with Crippen LogP contribution in [0.5, 0.6) is 5.75 Å². The third kappa shape index (κ3) is 3.26. The van der Waals surface area contributed by atoms with Crippen molar-refractivity contribution in [1.29, 1.82) is 0 Å². The summed E-state index contributed by atoms with van der Waals surface area (Å²) in [5.74, 6) is 0.490. The highest BCUT2D eigenvalue weighted by Crippen LogP contribution is 2.30. The zero-order valence-corrected chi connectivity index (χ0v) is 11.5. The SMILES string of the molecule is COC(=O)C1(N)CCCC(Oc2cccc(C)c2)C1. The van der Waals surface area contributed by atoms with Crippen molar-refractivity contribution in [3.05, 3.63) is 29.8 Å². The van der Waals surface area contributed by atoms with Crippen LogP contribution in [0.1, 0.15) is 31.2 Å². The van der Waals surface area contributed by atoms with E-state index in [4.69, 9.17) is 15.2 Å². The lowest BCUT2D eigenvalue weighted by molar-refractivity contribution is -0.149. The van der Waals surface area contributed by atoms with Gasteiger partial charge in [-0.2, -0.15) is 0 Å². The third-order valence-electron chi connectivity index (χ3n) is 3.63. The molecule has 19 heavy (non-hydrogen) atoms. The second-order valence-corrected chi connectivity index (χ2v) is 5.30. The van der Waals surface area contributed by atoms with Gasteiger partial charge in [0, 0.05) is 6.42 Å². The molecule has 0 saturated heterocycles. The highest BCUT2D eigenvalue weighted by atomic mass is 16.5. The minimum absolute atomic E-state index is 0.0281. The van der Waals surface area contributed by atoms with E-state index in [-0.39, 0.29) is 12.1 Å². The maximum atomic E-state index is 11.7. The normalized spacial score (nSPS) is 26.8. The standard InChI is InChI=1S/C15H21NO3/c1-11-5-3-6-12(9-11)19-13-7-4-8-15(16,10-13)14(17)18-2/h3,5-6,9,13H,4,7-8,10,16H2,1-2H3. The predicted octanol–water partition coefficient (Wildman–Crippen LogP) is 2.19. The Morgan fingerprint density at radius 1 is 1.47 bits per heavy atom. The van der Waals surface area contributed by atoms with Crippen LogP contribution >= 0.6 is 0 Å². The maximum absolute atomic E-state index is 11.7. The number of benzene rings is 1. The number of rotatable bonds is 3. The number of carbonyl (C=O) groups is 1. The number of hydrogen-bond acceptors (Lipinski definition) is 4. The Bertz CT molecular complexity index is 460. The van der Waals surface area contributed by atoms with E-state index in [9.17, 15) is 4.79 Å². The van der Waals surface area contributed by atoms with Crippen molar-refractivity contribution in [3.63, 3.8) is 0 Å². The first kappa shape index (κ1) is 13.9. The number of carbonyl (C=O) groups excluding carboxylic acids is 1. The fraction of sp³-hybridized carbons (Fsp3) is 0.533. The first-order valence-corrected chi connectivity index (χ1v) is 6.64. The van der Waals surface area contributed by atoms with Crippen LogP contribution in [0.4, 0.5) is 0 Å². The van der Waals surface area contributed by atoms with Crippen LogP contribution in [0.25, 0.3) is 0 Å². The molecule has 2 N–H and O–H groups in total. The summed E-state index contributed by atoms with van der Waals surface area (Å²) in [4.78, 5) is 11.7. The summed E-state index contributed by atoms with van der Waals surface area (Å²) in [5, 5.41) is 0. The zero-order valence-electron chi connectivity index (χ0n) is 11.5. The van der Waals surface area contributed by atoms with Crippen LogP contribution in [-0.4, -0.2) is 24.7 Å². The molecule has 4 heteroatoms. The molecule has 1 aromatic carbocycles. The van der Waals surface area contributed by atoms with Crippen molar-refractivity contribution in [2.45, 2.75) is 44.2 Å². The van der Waals surface area contributed by atoms with E-state index in [1.54, 1.807) is 0 Å². The number of hydrogen-bond donors (Lipinski definition) is 1. The van der Waals surface area contributed by atoms with Crippen LogP contribution < -0.4 is 10.5 Å². The number of esters is 1. The van der Waals surface area contributed by atoms with E-state index >= 15 is 0 Å². The monoisotopic (exact) mass is 263 g/mol. The summed E-state index contributed by atoms with van der Waals surface area (Å²) in [6.07, 6.45) is 2.94. The second-order valence-electron chi connectivity index (χ2n) is 5.30. The van der Waals surface area contributed by atoms with Crippen LogP contribution in [-0.2, 0) is 9.53 Å². The minimum Gasteiger partial charge on any atom is -0.490 e. The Balaban J connectivity index is 2.04. The van der Waals surface area contributed by atoms with E-state index in [1.165, 1.54) is 7.11 Å². The van der Waals surface area contributed by atoms with Crippen LogP contribution in [0.3, 0.4) is 0 Å². The van der Waals surface area contributed by atoms with Gasteiger partial charge in [0.2, 0.25) is 0 Å². The molecular weight excluding hydrogens is 242 g/mol. The first-order chi connectivity index (χ1) is 9.03. The Kier molecular flexibility index (Phi) is 4.10. The molecule has 2 unspecified atom stereocenters. The van der Waals surface area contributed by atoms with Crippen molar-refractivity contribution < 1.29 is 14.3 Å². The molecule has 0 spiro atoms. The molecule has 0 aromatic heterocycles. The lowest BCUT2D eigenvalue weighted by Gasteiger charge is -2.35. The van der Waals surface area contributed by atoms with Crippen molar-refractivity contribution in [2.24, 2.45) is 5.73 Å². The van der Waals surface area contributed by atoms with E-state index in [1.807, 2.05) is 31.2 Å². The summed E-state index contributed by atoms with van der Waals surface area (Å²) in [7, 11) is 1.38. The Morgan fingerprint density at radius 3 is 2.95 bits per heavy atom. The Morgan fingerprint density at radius 2 is 2.26 bits per heavy atom. The maximum Gasteiger partial charge on any atom is 0.325 e. The molecular formula is C15H21NO3. The lowest BCUT2D eigenvalue weighted by Crippen LogP contribution is -2.53. The van der Waals surface area contributed by atoms with Gasteiger partial charge in [-0.25, -0.2) is 0 Å². The molecule has 0 aliphatic heterocycles. The molecule has 0 radical (unpaired) electrons. The highest BCUT2D eigenvalue weighted by Gasteiger charge is 2.41. The number of ether oxygens (including phenoxy) is 2. The van der Waals surface area contributed by atoms with Crippen molar-refractivity contribution in [3.8, 4) is 5.75 Å². The Hall–Kier alpha value is -1.55. The molecule has 1 aliphatic rings. The minimum atomic E-state index is -0.901. The van der Waals surface area contributed by atoms with Gasteiger partial charge in [-0.1, -0.05) is 12.1 Å². The quantitative estimate of drug-likeness (QED) is 0.849. The molecule has 0 heterocycles. The van der Waals surface area contributed by atoms with E-state index < -0.39 is 5.54 Å². The van der Waals surface area contributed by atoms with Crippen molar-refractivity contribution in [2.75, 3.05) is 7.11 Å². The highest BCUT2D eigenvalue weighted by molar-refractivity contribution is 5.80. The predicted molar refractivity (Wildman–Crippen MR) is 73.0 cm³/mol. The van der Waals surface area contributed by atoms with Gasteiger partial charge in [0.1, 0.15) is 17.4 Å². The average molecular weight is 263 g/mol. The molecule has 1 fully saturated rings. The number of nitrogens with two attached hydrogens (primary N) is 1. The number of aryl methyl sites for hydroxylation is 1. The molecule has 0 amide bonds. The van der Waals surface area contributed by atoms with Crippen LogP contribution in [0, 0.1) is 6.92 Å². The van der Waals surface area contributed by atoms with Gasteiger partial charge in [-0.05, 0) is 43.9 Å². The third-order valence-corrected chi connectivity index (χ3v) is 3.63. The van der Waals surface area contributed by atoms with Gasteiger partial charge in [0.25, 0.3) is 0 Å². The van der Waals surface area contributed by atoms with Gasteiger partial charge < -0.3 is 15.2 Å². The fourth-order valence-corrected chi connectivity index (χ4v) is 2.63. The first-order valence-electron chi connectivity index (χ1n) is 6.64. The van der Waals surface area contributed by atoms with E-state index in [0.29, 0.717) is 12.8 Å². The molecule has 1 aromatic rings. The zero-order chi connectivity index (χ0) is 13.9. The second kappa shape index (κ2) is 5.61. The van der Waals surface area contributed by atoms with Crippen molar-refractivity contribution >= 4 is 5.97 Å². The van der Waals surface area contributed by atoms with Crippen LogP contribution in [0.15, 0.2) is 24.3 Å². The summed E-state index contributed by atoms with van der Waals surface area (Å²) in [6.45, 7) is 2.02. The van der Waals surface area contributed by atoms with Gasteiger partial charge in [-0.15, -0.1) is 0 Å². The van der Waals surface area contributed by atoms with E-state index in [2.05, 4.69) is 0 Å². The largest absolute Gasteiger partial charge is 0.490 e. The average Bonchev–Trinajstić information content (AvgIpc) is 2.38. The number of methoxy groups -OCH3 is 1. The molecule has 4 nitrogen and oxygen atoms in total. The van der Waals surface area contributed by atoms with Gasteiger partial charge in [-0.3, -0.25) is 4.79 Å². The summed E-state index contributed by atoms with van der Waals surface area (Å²) < 4.78 is 10.7. The molecule has 1 saturated carbocycles. The van der Waals surface area contributed by atoms with Gasteiger partial charge in [0.15, 0.2) is 0 Å². The summed E-state index contributed by atoms with van der Waals surface area (Å²) >= 11 is 0. The Labute approximate surface area is 113 Å². The smallest absolute Gasteiger partial charge is 0.325 e. The van der Waals surface area contributed by atoms with Crippen LogP contribution in [0.2, 0.25) is 0 Å². The molecule has 0 bridgehead atoms. The van der Waals surface area contributed by atoms with Gasteiger partial charge in [0.05, 0.1) is 7.11 Å². The van der Waals surface area contributed by atoms with Crippen molar-refractivity contribution in [1.82, 2.24) is 0 Å². The fourth-order valence-electron chi connectivity index (χ4n) is 2.63.